The number of hydrogen-bond acceptors (Lipinski definition) is 3. The number of aromatic nitrogens is 2. The van der Waals surface area contributed by atoms with Gasteiger partial charge in [-0.25, -0.2) is 9.18 Å². The summed E-state index contributed by atoms with van der Waals surface area (Å²) in [6.45, 7) is 4.17. The molecule has 0 amide bonds. The van der Waals surface area contributed by atoms with Crippen molar-refractivity contribution in [2.75, 3.05) is 7.11 Å². The number of nitrogens with zero attached hydrogens (tertiary/aromatic N) is 2. The summed E-state index contributed by atoms with van der Waals surface area (Å²) in [5.74, 6) is -0.286. The first-order valence-corrected chi connectivity index (χ1v) is 6.80. The molecule has 6 heteroatoms. The molecule has 1 unspecified atom stereocenters. The highest BCUT2D eigenvalue weighted by Gasteiger charge is 2.13. The van der Waals surface area contributed by atoms with Crippen LogP contribution in [0.5, 0.6) is 5.75 Å². The zero-order chi connectivity index (χ0) is 15.6. The number of benzene rings is 1. The van der Waals surface area contributed by atoms with E-state index in [1.807, 2.05) is 13.8 Å². The van der Waals surface area contributed by atoms with Crippen LogP contribution in [0.1, 0.15) is 31.5 Å². The third kappa shape index (κ3) is 3.16. The first kappa shape index (κ1) is 15.3. The molecule has 0 radical (unpaired) electrons. The molecule has 0 aliphatic rings. The molecule has 0 aliphatic carbocycles. The molecule has 0 saturated heterocycles. The molecule has 1 heterocycles. The molecule has 1 aromatic heterocycles. The van der Waals surface area contributed by atoms with E-state index in [1.165, 1.54) is 23.8 Å². The number of methoxy groups -OCH3 is 1. The van der Waals surface area contributed by atoms with Gasteiger partial charge in [-0.1, -0.05) is 6.07 Å². The van der Waals surface area contributed by atoms with E-state index in [9.17, 15) is 9.18 Å². The van der Waals surface area contributed by atoms with Gasteiger partial charge < -0.3 is 10.5 Å². The summed E-state index contributed by atoms with van der Waals surface area (Å²) in [5, 5.41) is 0. The van der Waals surface area contributed by atoms with Crippen LogP contribution in [0.15, 0.2) is 35.4 Å². The minimum atomic E-state index is -0.467. The summed E-state index contributed by atoms with van der Waals surface area (Å²) in [7, 11) is 1.41. The zero-order valence-corrected chi connectivity index (χ0v) is 12.4. The van der Waals surface area contributed by atoms with Gasteiger partial charge in [0.1, 0.15) is 0 Å². The van der Waals surface area contributed by atoms with Crippen molar-refractivity contribution in [1.82, 2.24) is 9.13 Å². The summed E-state index contributed by atoms with van der Waals surface area (Å²) in [5.41, 5.74) is 6.57. The molecular weight excluding hydrogens is 273 g/mol. The van der Waals surface area contributed by atoms with Crippen molar-refractivity contribution in [2.45, 2.75) is 32.5 Å². The molecular formula is C15H20FN3O2. The molecule has 21 heavy (non-hydrogen) atoms. The zero-order valence-electron chi connectivity index (χ0n) is 12.4. The van der Waals surface area contributed by atoms with Crippen molar-refractivity contribution in [3.8, 4) is 5.75 Å². The van der Waals surface area contributed by atoms with E-state index < -0.39 is 11.9 Å². The molecule has 0 bridgehead atoms. The van der Waals surface area contributed by atoms with E-state index in [0.717, 1.165) is 0 Å². The van der Waals surface area contributed by atoms with Crippen molar-refractivity contribution in [3.63, 3.8) is 0 Å². The molecule has 5 nitrogen and oxygen atoms in total. The monoisotopic (exact) mass is 293 g/mol. The van der Waals surface area contributed by atoms with Gasteiger partial charge in [0.2, 0.25) is 0 Å². The van der Waals surface area contributed by atoms with Gasteiger partial charge in [-0.05, 0) is 31.5 Å². The van der Waals surface area contributed by atoms with Gasteiger partial charge in [0.15, 0.2) is 11.6 Å². The predicted octanol–water partition coefficient (Wildman–Crippen LogP) is 2.08. The third-order valence-electron chi connectivity index (χ3n) is 3.43. The lowest BCUT2D eigenvalue weighted by molar-refractivity contribution is 0.385. The van der Waals surface area contributed by atoms with Gasteiger partial charge in [0, 0.05) is 31.0 Å². The smallest absolute Gasteiger partial charge is 0.328 e. The Morgan fingerprint density at radius 1 is 1.33 bits per heavy atom. The first-order valence-electron chi connectivity index (χ1n) is 6.80. The van der Waals surface area contributed by atoms with E-state index in [1.54, 1.807) is 23.0 Å². The van der Waals surface area contributed by atoms with Crippen molar-refractivity contribution in [2.24, 2.45) is 5.73 Å². The van der Waals surface area contributed by atoms with E-state index in [2.05, 4.69) is 0 Å². The Hall–Kier alpha value is -2.08. The Morgan fingerprint density at radius 3 is 2.57 bits per heavy atom. The fraction of sp³-hybridized carbons (Fsp3) is 0.400. The van der Waals surface area contributed by atoms with Gasteiger partial charge in [0.25, 0.3) is 0 Å². The minimum Gasteiger partial charge on any atom is -0.494 e. The van der Waals surface area contributed by atoms with Gasteiger partial charge >= 0.3 is 5.69 Å². The Kier molecular flexibility index (Phi) is 4.47. The van der Waals surface area contributed by atoms with E-state index in [-0.39, 0.29) is 17.5 Å². The average Bonchev–Trinajstić information content (AvgIpc) is 2.80. The molecule has 2 aromatic rings. The molecule has 0 fully saturated rings. The molecule has 114 valence electrons. The molecule has 2 rings (SSSR count). The number of hydrogen-bond donors (Lipinski definition) is 1. The largest absolute Gasteiger partial charge is 0.494 e. The van der Waals surface area contributed by atoms with E-state index in [0.29, 0.717) is 12.1 Å². The highest BCUT2D eigenvalue weighted by Crippen LogP contribution is 2.21. The topological polar surface area (TPSA) is 62.2 Å². The highest BCUT2D eigenvalue weighted by molar-refractivity contribution is 5.30. The van der Waals surface area contributed by atoms with Crippen LogP contribution < -0.4 is 16.2 Å². The van der Waals surface area contributed by atoms with Crippen LogP contribution in [0, 0.1) is 5.82 Å². The van der Waals surface area contributed by atoms with E-state index in [4.69, 9.17) is 10.5 Å². The molecule has 0 aliphatic heterocycles. The van der Waals surface area contributed by atoms with Crippen LogP contribution in [0.25, 0.3) is 0 Å². The fourth-order valence-corrected chi connectivity index (χ4v) is 2.19. The predicted molar refractivity (Wildman–Crippen MR) is 79.0 cm³/mol. The number of ether oxygens (including phenoxy) is 1. The summed E-state index contributed by atoms with van der Waals surface area (Å²) >= 11 is 0. The summed E-state index contributed by atoms with van der Waals surface area (Å²) in [6, 6.07) is 4.21. The average molecular weight is 293 g/mol. The fourth-order valence-electron chi connectivity index (χ4n) is 2.19. The Morgan fingerprint density at radius 2 is 2.05 bits per heavy atom. The maximum Gasteiger partial charge on any atom is 0.328 e. The summed E-state index contributed by atoms with van der Waals surface area (Å²) in [6.07, 6.45) is 3.43. The van der Waals surface area contributed by atoms with Gasteiger partial charge in [-0.3, -0.25) is 9.13 Å². The number of rotatable bonds is 5. The number of nitrogens with two attached hydrogens (primary N) is 1. The first-order chi connectivity index (χ1) is 9.93. The van der Waals surface area contributed by atoms with Crippen LogP contribution in [0.4, 0.5) is 4.39 Å². The summed E-state index contributed by atoms with van der Waals surface area (Å²) < 4.78 is 21.7. The second kappa shape index (κ2) is 6.13. The third-order valence-corrected chi connectivity index (χ3v) is 3.43. The van der Waals surface area contributed by atoms with Crippen LogP contribution in [0.3, 0.4) is 0 Å². The Balaban J connectivity index is 2.20. The molecule has 1 aromatic carbocycles. The second-order valence-electron chi connectivity index (χ2n) is 5.23. The van der Waals surface area contributed by atoms with Crippen LogP contribution in [0.2, 0.25) is 0 Å². The van der Waals surface area contributed by atoms with Crippen LogP contribution in [-0.2, 0) is 6.54 Å². The maximum atomic E-state index is 13.7. The van der Waals surface area contributed by atoms with Crippen molar-refractivity contribution < 1.29 is 9.13 Å². The van der Waals surface area contributed by atoms with Gasteiger partial charge in [-0.15, -0.1) is 0 Å². The Labute approximate surface area is 122 Å². The second-order valence-corrected chi connectivity index (χ2v) is 5.23. The summed E-state index contributed by atoms with van der Waals surface area (Å²) in [4.78, 5) is 12.1. The maximum absolute atomic E-state index is 13.7. The molecule has 1 atom stereocenters. The normalized spacial score (nSPS) is 12.7. The van der Waals surface area contributed by atoms with Crippen LogP contribution >= 0.6 is 0 Å². The van der Waals surface area contributed by atoms with Crippen LogP contribution in [-0.4, -0.2) is 16.2 Å². The number of imidazole rings is 1. The standard InChI is InChI=1S/C15H20FN3O2/c1-10(2)19-7-6-18(15(19)20)9-13(17)11-4-5-14(21-3)12(16)8-11/h4-8,10,13H,9,17H2,1-3H3. The van der Waals surface area contributed by atoms with Crippen molar-refractivity contribution in [1.29, 1.82) is 0 Å². The highest BCUT2D eigenvalue weighted by atomic mass is 19.1. The number of halogens is 1. The Bertz CT molecular complexity index is 676. The lowest BCUT2D eigenvalue weighted by Crippen LogP contribution is -2.29. The minimum absolute atomic E-state index is 0.0911. The SMILES string of the molecule is COc1ccc(C(N)Cn2ccn(C(C)C)c2=O)cc1F. The van der Waals surface area contributed by atoms with Gasteiger partial charge in [-0.2, -0.15) is 0 Å². The molecule has 0 saturated carbocycles. The lowest BCUT2D eigenvalue weighted by Gasteiger charge is -2.13. The quantitative estimate of drug-likeness (QED) is 0.918. The van der Waals surface area contributed by atoms with Crippen molar-refractivity contribution >= 4 is 0 Å². The lowest BCUT2D eigenvalue weighted by atomic mass is 10.1. The van der Waals surface area contributed by atoms with Crippen molar-refractivity contribution in [3.05, 3.63) is 52.5 Å². The van der Waals surface area contributed by atoms with E-state index >= 15 is 0 Å². The molecule has 2 N–H and O–H groups in total. The molecule has 0 spiro atoms. The van der Waals surface area contributed by atoms with Gasteiger partial charge in [0.05, 0.1) is 7.11 Å².